The number of ether oxygens (including phenoxy) is 1. The number of rotatable bonds is 1. The van der Waals surface area contributed by atoms with Gasteiger partial charge in [0, 0.05) is 11.8 Å². The minimum absolute atomic E-state index is 0.134. The molecule has 1 atom stereocenters. The zero-order chi connectivity index (χ0) is 11.0. The number of nitrogens with zero attached hydrogens (tertiary/aromatic N) is 1. The number of carbonyl (C=O) groups excluding carboxylic acids is 1. The summed E-state index contributed by atoms with van der Waals surface area (Å²) in [4.78, 5) is 23.1. The van der Waals surface area contributed by atoms with E-state index in [4.69, 9.17) is 0 Å². The van der Waals surface area contributed by atoms with Gasteiger partial charge in [0.25, 0.3) is 5.56 Å². The van der Waals surface area contributed by atoms with E-state index < -0.39 is 6.04 Å². The number of thioether (sulfide) groups is 1. The van der Waals surface area contributed by atoms with E-state index >= 15 is 0 Å². The van der Waals surface area contributed by atoms with Crippen LogP contribution in [-0.2, 0) is 9.53 Å². The minimum Gasteiger partial charge on any atom is -0.467 e. The maximum atomic E-state index is 11.7. The lowest BCUT2D eigenvalue weighted by Crippen LogP contribution is -2.29. The quantitative estimate of drug-likeness (QED) is 0.668. The fourth-order valence-corrected chi connectivity index (χ4v) is 2.88. The summed E-state index contributed by atoms with van der Waals surface area (Å²) in [5, 5.41) is 0.843. The van der Waals surface area contributed by atoms with Gasteiger partial charge in [-0.3, -0.25) is 9.36 Å². The second kappa shape index (κ2) is 3.73. The van der Waals surface area contributed by atoms with Crippen LogP contribution in [0.1, 0.15) is 11.6 Å². The summed E-state index contributed by atoms with van der Waals surface area (Å²) < 4.78 is 6.17. The fraction of sp³-hybridized carbons (Fsp3) is 0.400. The third-order valence-electron chi connectivity index (χ3n) is 2.35. The zero-order valence-electron chi connectivity index (χ0n) is 8.52. The Balaban J connectivity index is 2.51. The predicted octanol–water partition coefficient (Wildman–Crippen LogP) is 0.977. The average molecular weight is 225 g/mol. The van der Waals surface area contributed by atoms with Crippen molar-refractivity contribution >= 4 is 17.7 Å². The normalized spacial score (nSPS) is 18.7. The van der Waals surface area contributed by atoms with Crippen molar-refractivity contribution in [3.63, 3.8) is 0 Å². The lowest BCUT2D eigenvalue weighted by molar-refractivity contribution is -0.143. The number of fused-ring (bicyclic) bond motifs is 1. The summed E-state index contributed by atoms with van der Waals surface area (Å²) in [6.07, 6.45) is 0. The Hall–Kier alpha value is -1.23. The minimum atomic E-state index is -0.469. The molecule has 0 amide bonds. The lowest BCUT2D eigenvalue weighted by Gasteiger charge is -2.10. The van der Waals surface area contributed by atoms with Crippen molar-refractivity contribution in [3.05, 3.63) is 28.0 Å². The van der Waals surface area contributed by atoms with Gasteiger partial charge in [-0.1, -0.05) is 0 Å². The van der Waals surface area contributed by atoms with Crippen LogP contribution in [0.5, 0.6) is 0 Å². The molecule has 0 aromatic carbocycles. The molecule has 0 bridgehead atoms. The highest BCUT2D eigenvalue weighted by molar-refractivity contribution is 7.99. The van der Waals surface area contributed by atoms with Gasteiger partial charge in [-0.2, -0.15) is 0 Å². The van der Waals surface area contributed by atoms with E-state index in [1.54, 1.807) is 0 Å². The molecule has 0 spiro atoms. The van der Waals surface area contributed by atoms with Crippen LogP contribution in [0.4, 0.5) is 0 Å². The smallest absolute Gasteiger partial charge is 0.329 e. The number of methoxy groups -OCH3 is 1. The van der Waals surface area contributed by atoms with Gasteiger partial charge in [-0.05, 0) is 18.6 Å². The van der Waals surface area contributed by atoms with Gasteiger partial charge in [0.2, 0.25) is 0 Å². The van der Waals surface area contributed by atoms with Crippen molar-refractivity contribution in [2.45, 2.75) is 18.0 Å². The molecule has 80 valence electrons. The van der Waals surface area contributed by atoms with Gasteiger partial charge in [-0.15, -0.1) is 11.8 Å². The van der Waals surface area contributed by atoms with E-state index in [0.29, 0.717) is 5.75 Å². The summed E-state index contributed by atoms with van der Waals surface area (Å²) in [6.45, 7) is 1.87. The van der Waals surface area contributed by atoms with Crippen LogP contribution in [0.3, 0.4) is 0 Å². The highest BCUT2D eigenvalue weighted by atomic mass is 32.2. The van der Waals surface area contributed by atoms with E-state index in [2.05, 4.69) is 4.74 Å². The van der Waals surface area contributed by atoms with Gasteiger partial charge in [-0.25, -0.2) is 4.79 Å². The van der Waals surface area contributed by atoms with Crippen molar-refractivity contribution < 1.29 is 9.53 Å². The van der Waals surface area contributed by atoms with E-state index in [9.17, 15) is 9.59 Å². The van der Waals surface area contributed by atoms with Crippen LogP contribution in [-0.4, -0.2) is 23.4 Å². The first-order chi connectivity index (χ1) is 7.13. The molecule has 2 heterocycles. The zero-order valence-corrected chi connectivity index (χ0v) is 9.34. The second-order valence-corrected chi connectivity index (χ2v) is 4.47. The van der Waals surface area contributed by atoms with Gasteiger partial charge in [0.1, 0.15) is 6.04 Å². The van der Waals surface area contributed by atoms with Gasteiger partial charge < -0.3 is 4.74 Å². The SMILES string of the molecule is COC(=O)[C@@H]1CSc2cc(C)cc(=O)n21. The highest BCUT2D eigenvalue weighted by Gasteiger charge is 2.30. The number of carbonyl (C=O) groups is 1. The number of hydrogen-bond donors (Lipinski definition) is 0. The first kappa shape index (κ1) is 10.3. The van der Waals surface area contributed by atoms with Crippen molar-refractivity contribution in [1.82, 2.24) is 4.57 Å². The maximum absolute atomic E-state index is 11.7. The van der Waals surface area contributed by atoms with Crippen molar-refractivity contribution in [3.8, 4) is 0 Å². The monoisotopic (exact) mass is 225 g/mol. The van der Waals surface area contributed by atoms with Gasteiger partial charge in [0.15, 0.2) is 0 Å². The third-order valence-corrected chi connectivity index (χ3v) is 3.44. The number of esters is 1. The van der Waals surface area contributed by atoms with Crippen LogP contribution >= 0.6 is 11.8 Å². The van der Waals surface area contributed by atoms with E-state index in [-0.39, 0.29) is 11.5 Å². The summed E-state index contributed by atoms with van der Waals surface area (Å²) in [7, 11) is 1.34. The molecule has 1 aliphatic heterocycles. The third kappa shape index (κ3) is 1.67. The first-order valence-electron chi connectivity index (χ1n) is 4.57. The first-order valence-corrected chi connectivity index (χ1v) is 5.56. The van der Waals surface area contributed by atoms with Crippen molar-refractivity contribution in [2.24, 2.45) is 0 Å². The second-order valence-electron chi connectivity index (χ2n) is 3.43. The average Bonchev–Trinajstić information content (AvgIpc) is 2.60. The topological polar surface area (TPSA) is 48.3 Å². The molecule has 0 fully saturated rings. The molecular formula is C10H11NO3S. The van der Waals surface area contributed by atoms with Gasteiger partial charge in [0.05, 0.1) is 12.1 Å². The Morgan fingerprint density at radius 2 is 2.33 bits per heavy atom. The molecule has 0 radical (unpaired) electrons. The molecule has 1 aromatic heterocycles. The number of aryl methyl sites for hydroxylation is 1. The molecule has 2 rings (SSSR count). The fourth-order valence-electron chi connectivity index (χ4n) is 1.65. The largest absolute Gasteiger partial charge is 0.467 e. The molecule has 0 aliphatic carbocycles. The lowest BCUT2D eigenvalue weighted by atomic mass is 10.2. The van der Waals surface area contributed by atoms with Crippen LogP contribution < -0.4 is 5.56 Å². The van der Waals surface area contributed by atoms with Crippen LogP contribution in [0, 0.1) is 6.92 Å². The molecule has 0 unspecified atom stereocenters. The molecular weight excluding hydrogens is 214 g/mol. The Morgan fingerprint density at radius 1 is 1.60 bits per heavy atom. The summed E-state index contributed by atoms with van der Waals surface area (Å²) >= 11 is 1.51. The number of pyridine rings is 1. The highest BCUT2D eigenvalue weighted by Crippen LogP contribution is 2.32. The molecule has 0 N–H and O–H groups in total. The maximum Gasteiger partial charge on any atom is 0.329 e. The standard InChI is InChI=1S/C10H11NO3S/c1-6-3-8(12)11-7(10(13)14-2)5-15-9(11)4-6/h3-4,7H,5H2,1-2H3/t7-/m0/s1. The Labute approximate surface area is 91.2 Å². The Morgan fingerprint density at radius 3 is 3.00 bits per heavy atom. The molecule has 15 heavy (non-hydrogen) atoms. The van der Waals surface area contributed by atoms with Crippen molar-refractivity contribution in [2.75, 3.05) is 12.9 Å². The Kier molecular flexibility index (Phi) is 2.56. The van der Waals surface area contributed by atoms with Crippen molar-refractivity contribution in [1.29, 1.82) is 0 Å². The van der Waals surface area contributed by atoms with Gasteiger partial charge >= 0.3 is 5.97 Å². The molecule has 1 aliphatic rings. The summed E-state index contributed by atoms with van der Waals surface area (Å²) in [6, 6.07) is 2.98. The Bertz CT molecular complexity index is 466. The van der Waals surface area contributed by atoms with Crippen LogP contribution in [0.25, 0.3) is 0 Å². The predicted molar refractivity (Wildman–Crippen MR) is 57.2 cm³/mol. The summed E-state index contributed by atoms with van der Waals surface area (Å²) in [5.41, 5.74) is 0.787. The molecule has 0 saturated carbocycles. The van der Waals surface area contributed by atoms with E-state index in [0.717, 1.165) is 10.6 Å². The van der Waals surface area contributed by atoms with Crippen LogP contribution in [0.15, 0.2) is 22.0 Å². The molecule has 4 nitrogen and oxygen atoms in total. The molecule has 0 saturated heterocycles. The van der Waals surface area contributed by atoms with E-state index in [1.807, 2.05) is 13.0 Å². The molecule has 1 aromatic rings. The number of aromatic nitrogens is 1. The van der Waals surface area contributed by atoms with E-state index in [1.165, 1.54) is 29.5 Å². The molecule has 5 heteroatoms. The van der Waals surface area contributed by atoms with Crippen LogP contribution in [0.2, 0.25) is 0 Å². The summed E-state index contributed by atoms with van der Waals surface area (Å²) in [5.74, 6) is 0.220. The number of hydrogen-bond acceptors (Lipinski definition) is 4.